The van der Waals surface area contributed by atoms with Crippen molar-refractivity contribution in [2.75, 3.05) is 11.9 Å². The molecule has 2 aromatic rings. The van der Waals surface area contributed by atoms with Crippen molar-refractivity contribution in [2.45, 2.75) is 12.8 Å². The van der Waals surface area contributed by atoms with Crippen LogP contribution in [0.4, 0.5) is 4.39 Å². The fraction of sp³-hybridized carbons (Fsp3) is 0.250. The summed E-state index contributed by atoms with van der Waals surface area (Å²) >= 11 is 6.57. The van der Waals surface area contributed by atoms with Crippen LogP contribution in [0.25, 0.3) is 11.1 Å². The van der Waals surface area contributed by atoms with Crippen molar-refractivity contribution < 1.29 is 9.13 Å². The minimum Gasteiger partial charge on any atom is -0.493 e. The summed E-state index contributed by atoms with van der Waals surface area (Å²) in [6.45, 7) is 0.668. The molecule has 0 saturated heterocycles. The smallest absolute Gasteiger partial charge is 0.137 e. The van der Waals surface area contributed by atoms with Gasteiger partial charge in [0, 0.05) is 10.9 Å². The summed E-state index contributed by atoms with van der Waals surface area (Å²) < 4.78 is 19.9. The molecule has 0 fully saturated rings. The van der Waals surface area contributed by atoms with Crippen molar-refractivity contribution in [3.8, 4) is 16.9 Å². The van der Waals surface area contributed by atoms with Gasteiger partial charge in [-0.25, -0.2) is 4.39 Å². The third kappa shape index (κ3) is 4.06. The van der Waals surface area contributed by atoms with Crippen molar-refractivity contribution >= 4 is 31.9 Å². The lowest BCUT2D eigenvalue weighted by molar-refractivity contribution is 0.311. The minimum atomic E-state index is -0.267. The Morgan fingerprint density at radius 3 is 2.60 bits per heavy atom. The van der Waals surface area contributed by atoms with Crippen LogP contribution < -0.4 is 4.74 Å². The molecule has 20 heavy (non-hydrogen) atoms. The molecule has 0 bridgehead atoms. The standard InChI is InChI=1S/C16H15Br2FO/c17-9-3-4-10-20-16-6-2-1-5-13(16)12-7-8-14(18)15(19)11-12/h1-2,5-8,11H,3-4,9-10H2. The Morgan fingerprint density at radius 1 is 1.05 bits per heavy atom. The number of rotatable bonds is 6. The van der Waals surface area contributed by atoms with Gasteiger partial charge in [0.05, 0.1) is 11.1 Å². The molecule has 4 heteroatoms. The number of hydrogen-bond acceptors (Lipinski definition) is 1. The van der Waals surface area contributed by atoms with E-state index in [0.717, 1.165) is 35.0 Å². The SMILES string of the molecule is Fc1cc(-c2ccccc2OCCCCBr)ccc1Br. The van der Waals surface area contributed by atoms with Gasteiger partial charge in [0.15, 0.2) is 0 Å². The van der Waals surface area contributed by atoms with Crippen LogP contribution in [0.3, 0.4) is 0 Å². The lowest BCUT2D eigenvalue weighted by Gasteiger charge is -2.11. The molecule has 2 rings (SSSR count). The Morgan fingerprint density at radius 2 is 1.85 bits per heavy atom. The molecule has 0 aliphatic heterocycles. The topological polar surface area (TPSA) is 9.23 Å². The summed E-state index contributed by atoms with van der Waals surface area (Å²) in [5.74, 6) is 0.528. The van der Waals surface area contributed by atoms with Crippen LogP contribution >= 0.6 is 31.9 Å². The number of benzene rings is 2. The van der Waals surface area contributed by atoms with Crippen LogP contribution in [-0.2, 0) is 0 Å². The van der Waals surface area contributed by atoms with E-state index in [9.17, 15) is 4.39 Å². The molecular formula is C16H15Br2FO. The number of para-hydroxylation sites is 1. The van der Waals surface area contributed by atoms with E-state index in [2.05, 4.69) is 31.9 Å². The van der Waals surface area contributed by atoms with Gasteiger partial charge in [0.1, 0.15) is 11.6 Å². The predicted octanol–water partition coefficient (Wildman–Crippen LogP) is 5.81. The van der Waals surface area contributed by atoms with E-state index in [-0.39, 0.29) is 5.82 Å². The molecule has 0 radical (unpaired) electrons. The van der Waals surface area contributed by atoms with E-state index in [4.69, 9.17) is 4.74 Å². The van der Waals surface area contributed by atoms with E-state index in [0.29, 0.717) is 11.1 Å². The molecule has 106 valence electrons. The number of unbranched alkanes of at least 4 members (excludes halogenated alkanes) is 1. The fourth-order valence-electron chi connectivity index (χ4n) is 1.87. The van der Waals surface area contributed by atoms with Crippen LogP contribution in [0.2, 0.25) is 0 Å². The van der Waals surface area contributed by atoms with Crippen molar-refractivity contribution in [1.82, 2.24) is 0 Å². The molecule has 0 spiro atoms. The Hall–Kier alpha value is -0.870. The second-order valence-electron chi connectivity index (χ2n) is 4.37. The van der Waals surface area contributed by atoms with Crippen LogP contribution in [0, 0.1) is 5.82 Å². The molecule has 0 atom stereocenters. The number of halogens is 3. The quantitative estimate of drug-likeness (QED) is 0.438. The van der Waals surface area contributed by atoms with Crippen LogP contribution in [0.15, 0.2) is 46.9 Å². The molecule has 2 aromatic carbocycles. The molecule has 0 saturated carbocycles. The Bertz CT molecular complexity index is 572. The molecule has 0 aromatic heterocycles. The maximum Gasteiger partial charge on any atom is 0.137 e. The largest absolute Gasteiger partial charge is 0.493 e. The normalized spacial score (nSPS) is 10.6. The van der Waals surface area contributed by atoms with Gasteiger partial charge >= 0.3 is 0 Å². The highest BCUT2D eigenvalue weighted by atomic mass is 79.9. The van der Waals surface area contributed by atoms with Gasteiger partial charge in [-0.05, 0) is 52.5 Å². The molecule has 0 heterocycles. The lowest BCUT2D eigenvalue weighted by atomic mass is 10.0. The predicted molar refractivity (Wildman–Crippen MR) is 88.1 cm³/mol. The molecular weight excluding hydrogens is 387 g/mol. The third-order valence-corrected chi connectivity index (χ3v) is 4.11. The van der Waals surface area contributed by atoms with Gasteiger partial charge in [0.25, 0.3) is 0 Å². The van der Waals surface area contributed by atoms with Gasteiger partial charge in [-0.1, -0.05) is 40.2 Å². The van der Waals surface area contributed by atoms with Crippen LogP contribution in [-0.4, -0.2) is 11.9 Å². The van der Waals surface area contributed by atoms with E-state index in [1.807, 2.05) is 30.3 Å². The summed E-state index contributed by atoms with van der Waals surface area (Å²) in [6.07, 6.45) is 2.07. The first kappa shape index (κ1) is 15.5. The zero-order valence-corrected chi connectivity index (χ0v) is 14.1. The van der Waals surface area contributed by atoms with Crippen molar-refractivity contribution in [1.29, 1.82) is 0 Å². The second kappa shape index (κ2) is 7.79. The van der Waals surface area contributed by atoms with Gasteiger partial charge in [-0.3, -0.25) is 0 Å². The number of alkyl halides is 1. The Labute approximate surface area is 135 Å². The second-order valence-corrected chi connectivity index (χ2v) is 6.02. The summed E-state index contributed by atoms with van der Waals surface area (Å²) in [5.41, 5.74) is 1.74. The van der Waals surface area contributed by atoms with Gasteiger partial charge in [-0.15, -0.1) is 0 Å². The highest BCUT2D eigenvalue weighted by Crippen LogP contribution is 2.31. The van der Waals surface area contributed by atoms with Crippen LogP contribution in [0.1, 0.15) is 12.8 Å². The monoisotopic (exact) mass is 400 g/mol. The minimum absolute atomic E-state index is 0.267. The first-order valence-corrected chi connectivity index (χ1v) is 8.37. The first-order chi connectivity index (χ1) is 9.72. The maximum atomic E-state index is 13.7. The van der Waals surface area contributed by atoms with Gasteiger partial charge < -0.3 is 4.74 Å². The maximum absolute atomic E-state index is 13.7. The molecule has 0 N–H and O–H groups in total. The average molecular weight is 402 g/mol. The van der Waals surface area contributed by atoms with Gasteiger partial charge in [-0.2, -0.15) is 0 Å². The van der Waals surface area contributed by atoms with E-state index < -0.39 is 0 Å². The summed E-state index contributed by atoms with van der Waals surface area (Å²) in [5, 5.41) is 0.982. The molecule has 0 amide bonds. The van der Waals surface area contributed by atoms with E-state index in [1.54, 1.807) is 6.07 Å². The zero-order chi connectivity index (χ0) is 14.4. The zero-order valence-electron chi connectivity index (χ0n) is 10.9. The summed E-state index contributed by atoms with van der Waals surface area (Å²) in [7, 11) is 0. The number of ether oxygens (including phenoxy) is 1. The summed E-state index contributed by atoms with van der Waals surface area (Å²) in [4.78, 5) is 0. The first-order valence-electron chi connectivity index (χ1n) is 6.45. The average Bonchev–Trinajstić information content (AvgIpc) is 2.47. The lowest BCUT2D eigenvalue weighted by Crippen LogP contribution is -1.99. The van der Waals surface area contributed by atoms with Gasteiger partial charge in [0.2, 0.25) is 0 Å². The molecule has 0 aliphatic carbocycles. The number of hydrogen-bond donors (Lipinski definition) is 0. The van der Waals surface area contributed by atoms with Crippen molar-refractivity contribution in [3.63, 3.8) is 0 Å². The molecule has 0 aliphatic rings. The highest BCUT2D eigenvalue weighted by Gasteiger charge is 2.08. The van der Waals surface area contributed by atoms with Crippen molar-refractivity contribution in [3.05, 3.63) is 52.8 Å². The molecule has 1 nitrogen and oxygen atoms in total. The van der Waals surface area contributed by atoms with Crippen LogP contribution in [0.5, 0.6) is 5.75 Å². The third-order valence-electron chi connectivity index (χ3n) is 2.90. The Kier molecular flexibility index (Phi) is 6.05. The molecule has 0 unspecified atom stereocenters. The highest BCUT2D eigenvalue weighted by molar-refractivity contribution is 9.10. The Balaban J connectivity index is 2.20. The van der Waals surface area contributed by atoms with E-state index in [1.165, 1.54) is 6.07 Å². The summed E-state index contributed by atoms with van der Waals surface area (Å²) in [6, 6.07) is 12.8. The van der Waals surface area contributed by atoms with E-state index >= 15 is 0 Å². The van der Waals surface area contributed by atoms with Crippen molar-refractivity contribution in [2.24, 2.45) is 0 Å². The fourth-order valence-corrected chi connectivity index (χ4v) is 2.52.